The van der Waals surface area contributed by atoms with Crippen molar-refractivity contribution in [2.45, 2.75) is 13.0 Å². The number of rotatable bonds is 6. The molecule has 110 valence electrons. The van der Waals surface area contributed by atoms with Crippen molar-refractivity contribution in [1.82, 2.24) is 10.2 Å². The van der Waals surface area contributed by atoms with Gasteiger partial charge in [0.25, 0.3) is 0 Å². The van der Waals surface area contributed by atoms with E-state index in [2.05, 4.69) is 21.6 Å². The lowest BCUT2D eigenvalue weighted by Gasteiger charge is -2.11. The van der Waals surface area contributed by atoms with Crippen LogP contribution in [0.3, 0.4) is 0 Å². The summed E-state index contributed by atoms with van der Waals surface area (Å²) in [5, 5.41) is 5.85. The molecule has 0 heterocycles. The summed E-state index contributed by atoms with van der Waals surface area (Å²) < 4.78 is 0. The van der Waals surface area contributed by atoms with Crippen molar-refractivity contribution < 1.29 is 4.79 Å². The van der Waals surface area contributed by atoms with E-state index in [1.165, 1.54) is 5.56 Å². The molecule has 19 heavy (non-hydrogen) atoms. The van der Waals surface area contributed by atoms with Gasteiger partial charge in [-0.15, -0.1) is 24.8 Å². The largest absolute Gasteiger partial charge is 0.326 e. The van der Waals surface area contributed by atoms with Crippen LogP contribution in [0, 0.1) is 0 Å². The molecule has 1 aromatic rings. The summed E-state index contributed by atoms with van der Waals surface area (Å²) in [5.74, 6) is 0.0429. The molecule has 0 unspecified atom stereocenters. The molecule has 1 amide bonds. The standard InChI is InChI=1S/C13H21N3O.2ClH/c1-14-8-7-13(17)15-12-6-4-5-11(9-12)10-16(2)3;;/h4-6,9,14H,7-8,10H2,1-3H3,(H,15,17);2*1H. The van der Waals surface area contributed by atoms with E-state index in [0.29, 0.717) is 13.0 Å². The zero-order valence-electron chi connectivity index (χ0n) is 11.6. The summed E-state index contributed by atoms with van der Waals surface area (Å²) >= 11 is 0. The average molecular weight is 308 g/mol. The Balaban J connectivity index is 0. The molecule has 0 aliphatic rings. The van der Waals surface area contributed by atoms with Crippen molar-refractivity contribution >= 4 is 36.4 Å². The van der Waals surface area contributed by atoms with Crippen molar-refractivity contribution in [1.29, 1.82) is 0 Å². The number of amides is 1. The fraction of sp³-hybridized carbons (Fsp3) is 0.462. The minimum absolute atomic E-state index is 0. The molecule has 4 nitrogen and oxygen atoms in total. The number of hydrogen-bond donors (Lipinski definition) is 2. The third-order valence-electron chi connectivity index (χ3n) is 2.31. The van der Waals surface area contributed by atoms with E-state index in [1.807, 2.05) is 39.3 Å². The molecule has 0 aliphatic carbocycles. The number of nitrogens with zero attached hydrogens (tertiary/aromatic N) is 1. The molecule has 1 aromatic carbocycles. The number of nitrogens with one attached hydrogen (secondary N) is 2. The third kappa shape index (κ3) is 8.83. The third-order valence-corrected chi connectivity index (χ3v) is 2.31. The summed E-state index contributed by atoms with van der Waals surface area (Å²) in [7, 11) is 5.89. The zero-order valence-corrected chi connectivity index (χ0v) is 13.2. The number of anilines is 1. The first-order valence-electron chi connectivity index (χ1n) is 5.80. The van der Waals surface area contributed by atoms with E-state index in [0.717, 1.165) is 12.2 Å². The topological polar surface area (TPSA) is 44.4 Å². The molecule has 0 saturated carbocycles. The molecule has 0 bridgehead atoms. The monoisotopic (exact) mass is 307 g/mol. The highest BCUT2D eigenvalue weighted by atomic mass is 35.5. The second-order valence-electron chi connectivity index (χ2n) is 4.34. The van der Waals surface area contributed by atoms with Gasteiger partial charge in [0.05, 0.1) is 0 Å². The Hall–Kier alpha value is -0.810. The maximum absolute atomic E-state index is 11.5. The summed E-state index contributed by atoms with van der Waals surface area (Å²) in [5.41, 5.74) is 2.06. The van der Waals surface area contributed by atoms with Crippen molar-refractivity contribution in [3.8, 4) is 0 Å². The number of benzene rings is 1. The van der Waals surface area contributed by atoms with E-state index in [9.17, 15) is 4.79 Å². The highest BCUT2D eigenvalue weighted by Crippen LogP contribution is 2.11. The molecule has 0 atom stereocenters. The smallest absolute Gasteiger partial charge is 0.225 e. The summed E-state index contributed by atoms with van der Waals surface area (Å²) in [6.07, 6.45) is 0.494. The quantitative estimate of drug-likeness (QED) is 0.846. The minimum Gasteiger partial charge on any atom is -0.326 e. The molecule has 0 spiro atoms. The lowest BCUT2D eigenvalue weighted by atomic mass is 10.2. The normalized spacial score (nSPS) is 9.47. The predicted octanol–water partition coefficient (Wildman–Crippen LogP) is 2.14. The highest BCUT2D eigenvalue weighted by molar-refractivity contribution is 5.90. The molecule has 0 aliphatic heterocycles. The first-order chi connectivity index (χ1) is 8.11. The highest BCUT2D eigenvalue weighted by Gasteiger charge is 2.02. The van der Waals surface area contributed by atoms with Gasteiger partial charge in [-0.1, -0.05) is 12.1 Å². The molecule has 0 aromatic heterocycles. The summed E-state index contributed by atoms with van der Waals surface area (Å²) in [6, 6.07) is 7.95. The molecule has 2 N–H and O–H groups in total. The zero-order chi connectivity index (χ0) is 12.7. The van der Waals surface area contributed by atoms with Gasteiger partial charge in [0.1, 0.15) is 0 Å². The number of carbonyl (C=O) groups excluding carboxylic acids is 1. The maximum Gasteiger partial charge on any atom is 0.225 e. The van der Waals surface area contributed by atoms with Gasteiger partial charge in [0, 0.05) is 25.2 Å². The number of carbonyl (C=O) groups is 1. The minimum atomic E-state index is 0. The first-order valence-corrected chi connectivity index (χ1v) is 5.80. The Morgan fingerprint density at radius 2 is 1.95 bits per heavy atom. The predicted molar refractivity (Wildman–Crippen MR) is 85.5 cm³/mol. The second-order valence-corrected chi connectivity index (χ2v) is 4.34. The first kappa shape index (κ1) is 20.5. The molecular weight excluding hydrogens is 285 g/mol. The Bertz CT molecular complexity index is 373. The molecule has 1 rings (SSSR count). The lowest BCUT2D eigenvalue weighted by molar-refractivity contribution is -0.116. The van der Waals surface area contributed by atoms with Crippen LogP contribution in [-0.4, -0.2) is 38.5 Å². The van der Waals surface area contributed by atoms with Crippen LogP contribution in [-0.2, 0) is 11.3 Å². The summed E-state index contributed by atoms with van der Waals surface area (Å²) in [4.78, 5) is 13.6. The molecule has 0 radical (unpaired) electrons. The second kappa shape index (κ2) is 11.1. The van der Waals surface area contributed by atoms with E-state index >= 15 is 0 Å². The van der Waals surface area contributed by atoms with Crippen LogP contribution in [0.1, 0.15) is 12.0 Å². The van der Waals surface area contributed by atoms with E-state index < -0.39 is 0 Å². The van der Waals surface area contributed by atoms with Gasteiger partial charge in [-0.3, -0.25) is 4.79 Å². The molecule has 0 saturated heterocycles. The van der Waals surface area contributed by atoms with Gasteiger partial charge < -0.3 is 15.5 Å². The van der Waals surface area contributed by atoms with Gasteiger partial charge in [0.15, 0.2) is 0 Å². The van der Waals surface area contributed by atoms with Gasteiger partial charge in [-0.05, 0) is 38.8 Å². The van der Waals surface area contributed by atoms with Crippen molar-refractivity contribution in [3.63, 3.8) is 0 Å². The summed E-state index contributed by atoms with van der Waals surface area (Å²) in [6.45, 7) is 1.57. The van der Waals surface area contributed by atoms with Crippen LogP contribution < -0.4 is 10.6 Å². The van der Waals surface area contributed by atoms with Crippen molar-refractivity contribution in [2.75, 3.05) is 33.0 Å². The fourth-order valence-corrected chi connectivity index (χ4v) is 1.57. The van der Waals surface area contributed by atoms with Crippen LogP contribution in [0.4, 0.5) is 5.69 Å². The van der Waals surface area contributed by atoms with Gasteiger partial charge in [-0.2, -0.15) is 0 Å². The maximum atomic E-state index is 11.5. The van der Waals surface area contributed by atoms with Crippen LogP contribution in [0.15, 0.2) is 24.3 Å². The van der Waals surface area contributed by atoms with Gasteiger partial charge in [0.2, 0.25) is 5.91 Å². The fourth-order valence-electron chi connectivity index (χ4n) is 1.57. The number of halogens is 2. The Labute approximate surface area is 127 Å². The van der Waals surface area contributed by atoms with Gasteiger partial charge in [-0.25, -0.2) is 0 Å². The van der Waals surface area contributed by atoms with E-state index in [1.54, 1.807) is 0 Å². The number of hydrogen-bond acceptors (Lipinski definition) is 3. The Kier molecular flexibility index (Phi) is 11.9. The molecule has 6 heteroatoms. The SMILES string of the molecule is CNCCC(=O)Nc1cccc(CN(C)C)c1.Cl.Cl. The lowest BCUT2D eigenvalue weighted by Crippen LogP contribution is -2.19. The van der Waals surface area contributed by atoms with Gasteiger partial charge >= 0.3 is 0 Å². The van der Waals surface area contributed by atoms with Crippen molar-refractivity contribution in [3.05, 3.63) is 29.8 Å². The average Bonchev–Trinajstić information content (AvgIpc) is 2.26. The molecular formula is C13H23Cl2N3O. The Morgan fingerprint density at radius 3 is 2.53 bits per heavy atom. The van der Waals surface area contributed by atoms with Crippen LogP contribution >= 0.6 is 24.8 Å². The van der Waals surface area contributed by atoms with Crippen molar-refractivity contribution in [2.24, 2.45) is 0 Å². The van der Waals surface area contributed by atoms with Crippen LogP contribution in [0.2, 0.25) is 0 Å². The van der Waals surface area contributed by atoms with E-state index in [-0.39, 0.29) is 30.7 Å². The Morgan fingerprint density at radius 1 is 1.26 bits per heavy atom. The van der Waals surface area contributed by atoms with Crippen LogP contribution in [0.5, 0.6) is 0 Å². The molecule has 0 fully saturated rings. The van der Waals surface area contributed by atoms with E-state index in [4.69, 9.17) is 0 Å². The van der Waals surface area contributed by atoms with Crippen LogP contribution in [0.25, 0.3) is 0 Å².